The zero-order valence-electron chi connectivity index (χ0n) is 10.2. The van der Waals surface area contributed by atoms with Gasteiger partial charge in [-0.05, 0) is 61.7 Å². The van der Waals surface area contributed by atoms with Crippen LogP contribution in [-0.2, 0) is 6.54 Å². The van der Waals surface area contributed by atoms with Gasteiger partial charge >= 0.3 is 0 Å². The SMILES string of the molecule is COc1ccc(Br)c(NCc2ccc(Br)c(F)c2)c1. The lowest BCUT2D eigenvalue weighted by molar-refractivity contribution is 0.415. The molecule has 0 spiro atoms. The first-order chi connectivity index (χ1) is 9.10. The second kappa shape index (κ2) is 6.39. The van der Waals surface area contributed by atoms with E-state index in [0.717, 1.165) is 21.5 Å². The van der Waals surface area contributed by atoms with Gasteiger partial charge in [0.25, 0.3) is 0 Å². The van der Waals surface area contributed by atoms with E-state index in [0.29, 0.717) is 11.0 Å². The van der Waals surface area contributed by atoms with Crippen molar-refractivity contribution in [1.29, 1.82) is 0 Å². The molecule has 0 radical (unpaired) electrons. The van der Waals surface area contributed by atoms with Crippen LogP contribution in [0, 0.1) is 5.82 Å². The standard InChI is InChI=1S/C14H12Br2FNO/c1-19-10-3-5-12(16)14(7-10)18-8-9-2-4-11(15)13(17)6-9/h2-7,18H,8H2,1H3. The van der Waals surface area contributed by atoms with Crippen molar-refractivity contribution in [2.45, 2.75) is 6.54 Å². The third-order valence-corrected chi connectivity index (χ3v) is 3.98. The summed E-state index contributed by atoms with van der Waals surface area (Å²) in [6.07, 6.45) is 0. The number of hydrogen-bond acceptors (Lipinski definition) is 2. The Bertz CT molecular complexity index is 590. The van der Waals surface area contributed by atoms with Crippen LogP contribution in [0.15, 0.2) is 45.3 Å². The number of ether oxygens (including phenoxy) is 1. The van der Waals surface area contributed by atoms with Crippen molar-refractivity contribution in [3.8, 4) is 5.75 Å². The Morgan fingerprint density at radius 3 is 2.53 bits per heavy atom. The van der Waals surface area contributed by atoms with Gasteiger partial charge in [0.1, 0.15) is 11.6 Å². The predicted octanol–water partition coefficient (Wildman–Crippen LogP) is 4.97. The van der Waals surface area contributed by atoms with Crippen LogP contribution in [0.25, 0.3) is 0 Å². The zero-order chi connectivity index (χ0) is 13.8. The molecule has 0 aliphatic rings. The molecule has 0 unspecified atom stereocenters. The molecule has 0 heterocycles. The van der Waals surface area contributed by atoms with E-state index in [1.165, 1.54) is 6.07 Å². The van der Waals surface area contributed by atoms with Gasteiger partial charge < -0.3 is 10.1 Å². The molecule has 0 saturated heterocycles. The van der Waals surface area contributed by atoms with Crippen LogP contribution < -0.4 is 10.1 Å². The summed E-state index contributed by atoms with van der Waals surface area (Å²) in [6.45, 7) is 0.538. The van der Waals surface area contributed by atoms with Gasteiger partial charge in [0.15, 0.2) is 0 Å². The van der Waals surface area contributed by atoms with Crippen LogP contribution in [0.5, 0.6) is 5.75 Å². The van der Waals surface area contributed by atoms with Crippen molar-refractivity contribution in [2.24, 2.45) is 0 Å². The molecule has 2 rings (SSSR count). The van der Waals surface area contributed by atoms with Gasteiger partial charge in [0, 0.05) is 17.1 Å². The summed E-state index contributed by atoms with van der Waals surface area (Å²) >= 11 is 6.60. The minimum absolute atomic E-state index is 0.260. The van der Waals surface area contributed by atoms with E-state index in [1.807, 2.05) is 24.3 Å². The Balaban J connectivity index is 2.11. The molecule has 0 aromatic heterocycles. The molecule has 0 bridgehead atoms. The van der Waals surface area contributed by atoms with E-state index >= 15 is 0 Å². The summed E-state index contributed by atoms with van der Waals surface area (Å²) in [6, 6.07) is 10.7. The highest BCUT2D eigenvalue weighted by Gasteiger charge is 2.04. The number of benzene rings is 2. The average molecular weight is 389 g/mol. The predicted molar refractivity (Wildman–Crippen MR) is 82.1 cm³/mol. The average Bonchev–Trinajstić information content (AvgIpc) is 2.41. The number of methoxy groups -OCH3 is 1. The molecule has 2 aromatic rings. The van der Waals surface area contributed by atoms with Crippen molar-refractivity contribution in [3.05, 3.63) is 56.7 Å². The number of nitrogens with one attached hydrogen (secondary N) is 1. The first-order valence-electron chi connectivity index (χ1n) is 5.61. The summed E-state index contributed by atoms with van der Waals surface area (Å²) in [5, 5.41) is 3.24. The highest BCUT2D eigenvalue weighted by Crippen LogP contribution is 2.27. The van der Waals surface area contributed by atoms with Gasteiger partial charge in [-0.25, -0.2) is 4.39 Å². The summed E-state index contributed by atoms with van der Waals surface area (Å²) in [5.41, 5.74) is 1.78. The third kappa shape index (κ3) is 3.70. The summed E-state index contributed by atoms with van der Waals surface area (Å²) in [5.74, 6) is 0.511. The lowest BCUT2D eigenvalue weighted by atomic mass is 10.2. The first kappa shape index (κ1) is 14.3. The van der Waals surface area contributed by atoms with Crippen LogP contribution >= 0.6 is 31.9 Å². The van der Waals surface area contributed by atoms with Crippen LogP contribution in [0.2, 0.25) is 0 Å². The molecule has 2 nitrogen and oxygen atoms in total. The van der Waals surface area contributed by atoms with Crippen molar-refractivity contribution >= 4 is 37.5 Å². The monoisotopic (exact) mass is 387 g/mol. The third-order valence-electron chi connectivity index (χ3n) is 2.64. The van der Waals surface area contributed by atoms with Crippen molar-refractivity contribution in [2.75, 3.05) is 12.4 Å². The minimum Gasteiger partial charge on any atom is -0.497 e. The number of hydrogen-bond donors (Lipinski definition) is 1. The summed E-state index contributed by atoms with van der Waals surface area (Å²) < 4.78 is 20.0. The van der Waals surface area contributed by atoms with Gasteiger partial charge in [-0.2, -0.15) is 0 Å². The molecule has 0 aliphatic heterocycles. The fourth-order valence-corrected chi connectivity index (χ4v) is 2.25. The fourth-order valence-electron chi connectivity index (χ4n) is 1.61. The maximum absolute atomic E-state index is 13.4. The summed E-state index contributed by atoms with van der Waals surface area (Å²) in [7, 11) is 1.62. The van der Waals surface area contributed by atoms with E-state index < -0.39 is 0 Å². The van der Waals surface area contributed by atoms with Crippen molar-refractivity contribution in [3.63, 3.8) is 0 Å². The van der Waals surface area contributed by atoms with Crippen LogP contribution in [-0.4, -0.2) is 7.11 Å². The summed E-state index contributed by atoms with van der Waals surface area (Å²) in [4.78, 5) is 0. The molecule has 0 atom stereocenters. The Hall–Kier alpha value is -1.07. The fraction of sp³-hybridized carbons (Fsp3) is 0.143. The molecule has 0 saturated carbocycles. The van der Waals surface area contributed by atoms with Gasteiger partial charge in [-0.15, -0.1) is 0 Å². The van der Waals surface area contributed by atoms with E-state index in [9.17, 15) is 4.39 Å². The number of halogens is 3. The smallest absolute Gasteiger partial charge is 0.137 e. The minimum atomic E-state index is -0.260. The van der Waals surface area contributed by atoms with Crippen LogP contribution in [0.4, 0.5) is 10.1 Å². The molecule has 100 valence electrons. The molecule has 1 N–H and O–H groups in total. The van der Waals surface area contributed by atoms with Gasteiger partial charge in [-0.1, -0.05) is 6.07 Å². The highest BCUT2D eigenvalue weighted by molar-refractivity contribution is 9.10. The lowest BCUT2D eigenvalue weighted by Crippen LogP contribution is -2.01. The Kier molecular flexibility index (Phi) is 4.82. The Labute approximate surface area is 128 Å². The molecule has 5 heteroatoms. The highest BCUT2D eigenvalue weighted by atomic mass is 79.9. The van der Waals surface area contributed by atoms with Gasteiger partial charge in [-0.3, -0.25) is 0 Å². The second-order valence-corrected chi connectivity index (χ2v) is 5.66. The molecule has 19 heavy (non-hydrogen) atoms. The van der Waals surface area contributed by atoms with Crippen LogP contribution in [0.3, 0.4) is 0 Å². The largest absolute Gasteiger partial charge is 0.497 e. The Morgan fingerprint density at radius 1 is 1.11 bits per heavy atom. The Morgan fingerprint density at radius 2 is 1.84 bits per heavy atom. The van der Waals surface area contributed by atoms with Gasteiger partial charge in [0.2, 0.25) is 0 Å². The number of anilines is 1. The second-order valence-electron chi connectivity index (χ2n) is 3.95. The van der Waals surface area contributed by atoms with E-state index in [-0.39, 0.29) is 5.82 Å². The van der Waals surface area contributed by atoms with E-state index in [1.54, 1.807) is 13.2 Å². The molecule has 0 aliphatic carbocycles. The van der Waals surface area contributed by atoms with Crippen molar-refractivity contribution < 1.29 is 9.13 Å². The maximum Gasteiger partial charge on any atom is 0.137 e. The topological polar surface area (TPSA) is 21.3 Å². The number of rotatable bonds is 4. The molecular weight excluding hydrogens is 377 g/mol. The molecular formula is C14H12Br2FNO. The first-order valence-corrected chi connectivity index (χ1v) is 7.20. The molecule has 2 aromatic carbocycles. The van der Waals surface area contributed by atoms with Gasteiger partial charge in [0.05, 0.1) is 17.3 Å². The van der Waals surface area contributed by atoms with Crippen LogP contribution in [0.1, 0.15) is 5.56 Å². The van der Waals surface area contributed by atoms with E-state index in [4.69, 9.17) is 4.74 Å². The molecule has 0 fully saturated rings. The quantitative estimate of drug-likeness (QED) is 0.798. The maximum atomic E-state index is 13.4. The zero-order valence-corrected chi connectivity index (χ0v) is 13.4. The van der Waals surface area contributed by atoms with E-state index in [2.05, 4.69) is 37.2 Å². The normalized spacial score (nSPS) is 10.3. The van der Waals surface area contributed by atoms with Crippen molar-refractivity contribution in [1.82, 2.24) is 0 Å². The molecule has 0 amide bonds. The lowest BCUT2D eigenvalue weighted by Gasteiger charge is -2.10.